The van der Waals surface area contributed by atoms with Gasteiger partial charge in [-0.3, -0.25) is 9.69 Å². The Kier molecular flexibility index (Phi) is 3.32. The highest BCUT2D eigenvalue weighted by Gasteiger charge is 2.38. The van der Waals surface area contributed by atoms with Gasteiger partial charge in [0.1, 0.15) is 11.6 Å². The minimum absolute atomic E-state index is 0.00541. The second-order valence-corrected chi connectivity index (χ2v) is 5.93. The summed E-state index contributed by atoms with van der Waals surface area (Å²) in [6.07, 6.45) is 3.82. The summed E-state index contributed by atoms with van der Waals surface area (Å²) in [6, 6.07) is 0. The molecule has 2 saturated heterocycles. The molecule has 1 aromatic rings. The zero-order chi connectivity index (χ0) is 12.4. The first kappa shape index (κ1) is 12.1. The molecule has 2 fully saturated rings. The van der Waals surface area contributed by atoms with Crippen molar-refractivity contribution in [1.82, 2.24) is 15.2 Å². The van der Waals surface area contributed by atoms with Gasteiger partial charge in [-0.25, -0.2) is 4.98 Å². The van der Waals surface area contributed by atoms with Crippen LogP contribution < -0.4 is 5.32 Å². The van der Waals surface area contributed by atoms with Crippen molar-refractivity contribution in [3.63, 3.8) is 0 Å². The number of piperidine rings is 1. The number of likely N-dealkylation sites (tertiary alicyclic amines) is 1. The highest BCUT2D eigenvalue weighted by atomic mass is 32.1. The molecule has 1 amide bonds. The van der Waals surface area contributed by atoms with Gasteiger partial charge in [-0.2, -0.15) is 0 Å². The van der Waals surface area contributed by atoms with E-state index in [4.69, 9.17) is 4.74 Å². The van der Waals surface area contributed by atoms with E-state index in [-0.39, 0.29) is 18.1 Å². The van der Waals surface area contributed by atoms with E-state index >= 15 is 0 Å². The SMILES string of the molecule is O=C1COC2(CCN(Cc3nccs3)CC2)CN1. The first-order valence-electron chi connectivity index (χ1n) is 6.27. The van der Waals surface area contributed by atoms with Gasteiger partial charge in [-0.05, 0) is 12.8 Å². The Morgan fingerprint density at radius 2 is 2.33 bits per heavy atom. The predicted octanol–water partition coefficient (Wildman–Crippen LogP) is 0.624. The van der Waals surface area contributed by atoms with Gasteiger partial charge in [-0.1, -0.05) is 0 Å². The second-order valence-electron chi connectivity index (χ2n) is 4.95. The van der Waals surface area contributed by atoms with Crippen LogP contribution in [0.4, 0.5) is 0 Å². The molecule has 0 aromatic carbocycles. The molecule has 0 aliphatic carbocycles. The average molecular weight is 267 g/mol. The molecule has 0 saturated carbocycles. The summed E-state index contributed by atoms with van der Waals surface area (Å²) in [5.41, 5.74) is -0.118. The van der Waals surface area contributed by atoms with Crippen LogP contribution in [0.2, 0.25) is 0 Å². The smallest absolute Gasteiger partial charge is 0.246 e. The number of carbonyl (C=O) groups is 1. The van der Waals surface area contributed by atoms with E-state index in [9.17, 15) is 4.79 Å². The van der Waals surface area contributed by atoms with E-state index in [1.165, 1.54) is 5.01 Å². The summed E-state index contributed by atoms with van der Waals surface area (Å²) in [6.45, 7) is 3.83. The van der Waals surface area contributed by atoms with Crippen LogP contribution in [0.3, 0.4) is 0 Å². The molecular formula is C12H17N3O2S. The lowest BCUT2D eigenvalue weighted by molar-refractivity contribution is -0.150. The predicted molar refractivity (Wildman–Crippen MR) is 68.3 cm³/mol. The number of ether oxygens (including phenoxy) is 1. The lowest BCUT2D eigenvalue weighted by Gasteiger charge is -2.43. The normalized spacial score (nSPS) is 24.1. The van der Waals surface area contributed by atoms with E-state index in [1.807, 2.05) is 11.6 Å². The molecule has 3 rings (SSSR count). The maximum atomic E-state index is 11.1. The molecule has 6 heteroatoms. The van der Waals surface area contributed by atoms with E-state index in [1.54, 1.807) is 11.3 Å². The van der Waals surface area contributed by atoms with Gasteiger partial charge in [0.15, 0.2) is 0 Å². The van der Waals surface area contributed by atoms with Crippen LogP contribution in [0.5, 0.6) is 0 Å². The van der Waals surface area contributed by atoms with Crippen LogP contribution in [-0.2, 0) is 16.1 Å². The monoisotopic (exact) mass is 267 g/mol. The largest absolute Gasteiger partial charge is 0.363 e. The maximum Gasteiger partial charge on any atom is 0.246 e. The molecule has 2 aliphatic rings. The van der Waals surface area contributed by atoms with Gasteiger partial charge in [0.05, 0.1) is 12.1 Å². The molecule has 5 nitrogen and oxygen atoms in total. The third-order valence-electron chi connectivity index (χ3n) is 3.73. The minimum atomic E-state index is -0.118. The highest BCUT2D eigenvalue weighted by Crippen LogP contribution is 2.28. The Bertz CT molecular complexity index is 401. The summed E-state index contributed by atoms with van der Waals surface area (Å²) in [5, 5.41) is 6.09. The lowest BCUT2D eigenvalue weighted by atomic mass is 9.90. The van der Waals surface area contributed by atoms with E-state index in [0.29, 0.717) is 6.54 Å². The molecule has 98 valence electrons. The van der Waals surface area contributed by atoms with Crippen molar-refractivity contribution in [2.24, 2.45) is 0 Å². The van der Waals surface area contributed by atoms with Crippen molar-refractivity contribution in [3.8, 4) is 0 Å². The van der Waals surface area contributed by atoms with E-state index < -0.39 is 0 Å². The fourth-order valence-corrected chi connectivity index (χ4v) is 3.20. The van der Waals surface area contributed by atoms with Gasteiger partial charge in [0.25, 0.3) is 0 Å². The zero-order valence-electron chi connectivity index (χ0n) is 10.2. The molecule has 1 spiro atoms. The molecule has 2 aliphatic heterocycles. The molecule has 0 radical (unpaired) electrons. The van der Waals surface area contributed by atoms with Crippen molar-refractivity contribution in [2.75, 3.05) is 26.2 Å². The standard InChI is InChI=1S/C12H17N3O2S/c16-10-8-17-12(9-14-10)1-4-15(5-2-12)7-11-13-3-6-18-11/h3,6H,1-2,4-5,7-9H2,(H,14,16). The van der Waals surface area contributed by atoms with Crippen LogP contribution >= 0.6 is 11.3 Å². The maximum absolute atomic E-state index is 11.1. The topological polar surface area (TPSA) is 54.5 Å². The Morgan fingerprint density at radius 3 is 2.94 bits per heavy atom. The van der Waals surface area contributed by atoms with Crippen molar-refractivity contribution >= 4 is 17.2 Å². The Labute approximate surface area is 110 Å². The number of nitrogens with zero attached hydrogens (tertiary/aromatic N) is 2. The number of hydrogen-bond acceptors (Lipinski definition) is 5. The van der Waals surface area contributed by atoms with E-state index in [0.717, 1.165) is 32.5 Å². The zero-order valence-corrected chi connectivity index (χ0v) is 11.0. The number of carbonyl (C=O) groups excluding carboxylic acids is 1. The summed E-state index contributed by atoms with van der Waals surface area (Å²) in [4.78, 5) is 17.8. The van der Waals surface area contributed by atoms with Crippen molar-refractivity contribution < 1.29 is 9.53 Å². The average Bonchev–Trinajstić information content (AvgIpc) is 2.89. The van der Waals surface area contributed by atoms with Crippen LogP contribution in [0, 0.1) is 0 Å². The number of nitrogens with one attached hydrogen (secondary N) is 1. The highest BCUT2D eigenvalue weighted by molar-refractivity contribution is 7.09. The molecule has 18 heavy (non-hydrogen) atoms. The number of hydrogen-bond donors (Lipinski definition) is 1. The molecule has 1 aromatic heterocycles. The Morgan fingerprint density at radius 1 is 1.50 bits per heavy atom. The van der Waals surface area contributed by atoms with Crippen LogP contribution in [0.1, 0.15) is 17.8 Å². The van der Waals surface area contributed by atoms with Gasteiger partial charge < -0.3 is 10.1 Å². The summed E-state index contributed by atoms with van der Waals surface area (Å²) >= 11 is 1.70. The molecule has 3 heterocycles. The first-order valence-corrected chi connectivity index (χ1v) is 7.15. The van der Waals surface area contributed by atoms with Crippen LogP contribution in [-0.4, -0.2) is 47.6 Å². The summed E-state index contributed by atoms with van der Waals surface area (Å²) in [7, 11) is 0. The number of amides is 1. The number of aromatic nitrogens is 1. The van der Waals surface area contributed by atoms with Crippen molar-refractivity contribution in [2.45, 2.75) is 25.0 Å². The summed E-state index contributed by atoms with van der Waals surface area (Å²) < 4.78 is 5.75. The van der Waals surface area contributed by atoms with Crippen molar-refractivity contribution in [1.29, 1.82) is 0 Å². The van der Waals surface area contributed by atoms with E-state index in [2.05, 4.69) is 15.2 Å². The first-order chi connectivity index (χ1) is 8.76. The third-order valence-corrected chi connectivity index (χ3v) is 4.49. The number of rotatable bonds is 2. The van der Waals surface area contributed by atoms with Crippen LogP contribution in [0.25, 0.3) is 0 Å². The Balaban J connectivity index is 1.53. The van der Waals surface area contributed by atoms with Gasteiger partial charge in [-0.15, -0.1) is 11.3 Å². The molecule has 1 N–H and O–H groups in total. The Hall–Kier alpha value is -0.980. The molecular weight excluding hydrogens is 250 g/mol. The minimum Gasteiger partial charge on any atom is -0.363 e. The molecule has 0 bridgehead atoms. The van der Waals surface area contributed by atoms with Gasteiger partial charge in [0.2, 0.25) is 5.91 Å². The second kappa shape index (κ2) is 4.95. The molecule has 0 atom stereocenters. The quantitative estimate of drug-likeness (QED) is 0.853. The fourth-order valence-electron chi connectivity index (χ4n) is 2.54. The lowest BCUT2D eigenvalue weighted by Crippen LogP contribution is -2.57. The van der Waals surface area contributed by atoms with Gasteiger partial charge >= 0.3 is 0 Å². The van der Waals surface area contributed by atoms with Crippen LogP contribution in [0.15, 0.2) is 11.6 Å². The summed E-state index contributed by atoms with van der Waals surface area (Å²) in [5.74, 6) is 0.00541. The number of thiazole rings is 1. The third kappa shape index (κ3) is 2.55. The van der Waals surface area contributed by atoms with Crippen molar-refractivity contribution in [3.05, 3.63) is 16.6 Å². The number of morpholine rings is 1. The molecule has 0 unspecified atom stereocenters. The fraction of sp³-hybridized carbons (Fsp3) is 0.667. The van der Waals surface area contributed by atoms with Gasteiger partial charge in [0, 0.05) is 31.2 Å².